The van der Waals surface area contributed by atoms with E-state index in [-0.39, 0.29) is 22.7 Å². The van der Waals surface area contributed by atoms with Crippen LogP contribution in [0.5, 0.6) is 11.5 Å². The highest BCUT2D eigenvalue weighted by Crippen LogP contribution is 2.31. The number of non-ortho nitro benzene ring substituents is 1. The molecule has 0 saturated heterocycles. The molecule has 0 unspecified atom stereocenters. The SMILES string of the molecule is CCCn1cnc2sc(C(=O)Nc3cc(Oc4ccccc4)cc([N+](=O)[O-])c3)c(C)c2c1=O. The highest BCUT2D eigenvalue weighted by atomic mass is 32.1. The van der Waals surface area contributed by atoms with Crippen LogP contribution in [-0.2, 0) is 6.54 Å². The number of fused-ring (bicyclic) bond motifs is 1. The number of carbonyl (C=O) groups is 1. The van der Waals surface area contributed by atoms with Gasteiger partial charge in [-0.05, 0) is 31.0 Å². The molecular formula is C23H20N4O5S. The van der Waals surface area contributed by atoms with E-state index in [0.717, 1.165) is 17.8 Å². The van der Waals surface area contributed by atoms with E-state index < -0.39 is 10.8 Å². The van der Waals surface area contributed by atoms with Gasteiger partial charge in [-0.25, -0.2) is 4.98 Å². The lowest BCUT2D eigenvalue weighted by Crippen LogP contribution is -2.20. The highest BCUT2D eigenvalue weighted by Gasteiger charge is 2.21. The van der Waals surface area contributed by atoms with Crippen molar-refractivity contribution in [2.75, 3.05) is 5.32 Å². The van der Waals surface area contributed by atoms with Gasteiger partial charge >= 0.3 is 0 Å². The molecule has 33 heavy (non-hydrogen) atoms. The number of rotatable bonds is 7. The summed E-state index contributed by atoms with van der Waals surface area (Å²) in [6, 6.07) is 12.9. The average Bonchev–Trinajstić information content (AvgIpc) is 3.13. The second-order valence-corrected chi connectivity index (χ2v) is 8.32. The Morgan fingerprint density at radius 2 is 1.97 bits per heavy atom. The maximum atomic E-state index is 13.0. The number of carbonyl (C=O) groups excluding carboxylic acids is 1. The number of amides is 1. The zero-order valence-electron chi connectivity index (χ0n) is 17.9. The number of nitrogens with zero attached hydrogens (tertiary/aromatic N) is 3. The number of hydrogen-bond acceptors (Lipinski definition) is 7. The number of anilines is 1. The van der Waals surface area contributed by atoms with Gasteiger partial charge in [-0.1, -0.05) is 25.1 Å². The predicted octanol–water partition coefficient (Wildman–Crippen LogP) is 5.13. The molecule has 10 heteroatoms. The van der Waals surface area contributed by atoms with Crippen LogP contribution in [0.25, 0.3) is 10.2 Å². The normalized spacial score (nSPS) is 10.8. The van der Waals surface area contributed by atoms with E-state index in [4.69, 9.17) is 4.74 Å². The molecule has 9 nitrogen and oxygen atoms in total. The van der Waals surface area contributed by atoms with E-state index in [9.17, 15) is 19.7 Å². The lowest BCUT2D eigenvalue weighted by molar-refractivity contribution is -0.384. The second kappa shape index (κ2) is 9.21. The van der Waals surface area contributed by atoms with Crippen LogP contribution in [0.1, 0.15) is 28.6 Å². The van der Waals surface area contributed by atoms with Crippen molar-refractivity contribution in [3.63, 3.8) is 0 Å². The summed E-state index contributed by atoms with van der Waals surface area (Å²) >= 11 is 1.11. The summed E-state index contributed by atoms with van der Waals surface area (Å²) in [4.78, 5) is 41.8. The highest BCUT2D eigenvalue weighted by molar-refractivity contribution is 7.20. The number of ether oxygens (including phenoxy) is 1. The van der Waals surface area contributed by atoms with Crippen molar-refractivity contribution in [2.45, 2.75) is 26.8 Å². The molecule has 2 aromatic carbocycles. The smallest absolute Gasteiger partial charge is 0.275 e. The van der Waals surface area contributed by atoms with Crippen molar-refractivity contribution in [2.24, 2.45) is 0 Å². The number of nitro benzene ring substituents is 1. The van der Waals surface area contributed by atoms with Gasteiger partial charge in [0, 0.05) is 18.7 Å². The summed E-state index contributed by atoms with van der Waals surface area (Å²) in [5.74, 6) is 0.232. The number of nitro groups is 1. The third-order valence-electron chi connectivity index (χ3n) is 4.93. The molecule has 0 spiro atoms. The van der Waals surface area contributed by atoms with Crippen LogP contribution in [0.2, 0.25) is 0 Å². The van der Waals surface area contributed by atoms with Gasteiger partial charge in [0.25, 0.3) is 17.2 Å². The second-order valence-electron chi connectivity index (χ2n) is 7.32. The third-order valence-corrected chi connectivity index (χ3v) is 6.13. The quantitative estimate of drug-likeness (QED) is 0.299. The van der Waals surface area contributed by atoms with Crippen LogP contribution >= 0.6 is 11.3 Å². The summed E-state index contributed by atoms with van der Waals surface area (Å²) in [5, 5.41) is 14.5. The number of thiophene rings is 1. The van der Waals surface area contributed by atoms with Crippen LogP contribution < -0.4 is 15.6 Å². The molecule has 1 N–H and O–H groups in total. The zero-order chi connectivity index (χ0) is 23.5. The largest absolute Gasteiger partial charge is 0.457 e. The molecule has 0 saturated carbocycles. The first-order valence-corrected chi connectivity index (χ1v) is 11.0. The van der Waals surface area contributed by atoms with Crippen LogP contribution in [-0.4, -0.2) is 20.4 Å². The van der Waals surface area contributed by atoms with E-state index in [1.807, 2.05) is 13.0 Å². The maximum absolute atomic E-state index is 13.0. The first kappa shape index (κ1) is 22.2. The predicted molar refractivity (Wildman–Crippen MR) is 126 cm³/mol. The van der Waals surface area contributed by atoms with E-state index in [1.54, 1.807) is 31.2 Å². The topological polar surface area (TPSA) is 116 Å². The van der Waals surface area contributed by atoms with Gasteiger partial charge in [0.1, 0.15) is 16.3 Å². The molecule has 0 radical (unpaired) electrons. The molecule has 0 aliphatic rings. The fraction of sp³-hybridized carbons (Fsp3) is 0.174. The van der Waals surface area contributed by atoms with Crippen molar-refractivity contribution < 1.29 is 14.5 Å². The van der Waals surface area contributed by atoms with Gasteiger partial charge in [-0.3, -0.25) is 24.3 Å². The average molecular weight is 465 g/mol. The third kappa shape index (κ3) is 4.60. The van der Waals surface area contributed by atoms with Crippen molar-refractivity contribution in [1.82, 2.24) is 9.55 Å². The molecule has 4 aromatic rings. The van der Waals surface area contributed by atoms with Gasteiger partial charge in [0.15, 0.2) is 0 Å². The van der Waals surface area contributed by atoms with Crippen LogP contribution in [0.3, 0.4) is 0 Å². The summed E-state index contributed by atoms with van der Waals surface area (Å²) < 4.78 is 7.24. The Morgan fingerprint density at radius 1 is 1.21 bits per heavy atom. The molecule has 1 amide bonds. The molecule has 0 fully saturated rings. The lowest BCUT2D eigenvalue weighted by Gasteiger charge is -2.09. The number of para-hydroxylation sites is 1. The van der Waals surface area contributed by atoms with E-state index in [1.165, 1.54) is 29.1 Å². The minimum absolute atomic E-state index is 0.191. The Morgan fingerprint density at radius 3 is 2.67 bits per heavy atom. The fourth-order valence-corrected chi connectivity index (χ4v) is 4.44. The Balaban J connectivity index is 1.67. The number of aromatic nitrogens is 2. The standard InChI is InChI=1S/C23H20N4O5S/c1-3-9-26-13-24-22-19(23(26)29)14(2)20(33-22)21(28)25-15-10-16(27(30)31)12-18(11-15)32-17-7-5-4-6-8-17/h4-8,10-13H,3,9H2,1-2H3,(H,25,28). The Kier molecular flexibility index (Phi) is 6.18. The monoisotopic (exact) mass is 464 g/mol. The van der Waals surface area contributed by atoms with Gasteiger partial charge < -0.3 is 10.1 Å². The molecule has 2 aromatic heterocycles. The molecular weight excluding hydrogens is 444 g/mol. The molecule has 0 bridgehead atoms. The van der Waals surface area contributed by atoms with Gasteiger partial charge in [-0.2, -0.15) is 0 Å². The summed E-state index contributed by atoms with van der Waals surface area (Å²) in [6.07, 6.45) is 2.27. The van der Waals surface area contributed by atoms with Crippen LogP contribution in [0.15, 0.2) is 59.7 Å². The molecule has 4 rings (SSSR count). The summed E-state index contributed by atoms with van der Waals surface area (Å²) in [7, 11) is 0. The Bertz CT molecular complexity index is 1410. The fourth-order valence-electron chi connectivity index (χ4n) is 3.41. The number of hydrogen-bond donors (Lipinski definition) is 1. The van der Waals surface area contributed by atoms with Gasteiger partial charge in [0.2, 0.25) is 0 Å². The van der Waals surface area contributed by atoms with Crippen LogP contribution in [0.4, 0.5) is 11.4 Å². The first-order valence-electron chi connectivity index (χ1n) is 10.2. The number of benzene rings is 2. The molecule has 0 aliphatic carbocycles. The van der Waals surface area contributed by atoms with E-state index in [0.29, 0.717) is 33.0 Å². The van der Waals surface area contributed by atoms with Crippen LogP contribution in [0, 0.1) is 17.0 Å². The van der Waals surface area contributed by atoms with Crippen molar-refractivity contribution in [3.05, 3.63) is 85.8 Å². The number of aryl methyl sites for hydroxylation is 2. The maximum Gasteiger partial charge on any atom is 0.275 e. The zero-order valence-corrected chi connectivity index (χ0v) is 18.7. The van der Waals surface area contributed by atoms with E-state index in [2.05, 4.69) is 10.3 Å². The minimum atomic E-state index is -0.557. The Labute approximate surface area is 192 Å². The van der Waals surface area contributed by atoms with Crippen molar-refractivity contribution >= 4 is 38.8 Å². The molecule has 2 heterocycles. The van der Waals surface area contributed by atoms with E-state index >= 15 is 0 Å². The molecule has 168 valence electrons. The summed E-state index contributed by atoms with van der Waals surface area (Å²) in [5.41, 5.74) is 0.314. The summed E-state index contributed by atoms with van der Waals surface area (Å²) in [6.45, 7) is 4.20. The minimum Gasteiger partial charge on any atom is -0.457 e. The number of nitrogens with one attached hydrogen (secondary N) is 1. The Hall–Kier alpha value is -4.05. The molecule has 0 aliphatic heterocycles. The van der Waals surface area contributed by atoms with Gasteiger partial charge in [-0.15, -0.1) is 11.3 Å². The van der Waals surface area contributed by atoms with Gasteiger partial charge in [0.05, 0.1) is 33.3 Å². The first-order chi connectivity index (χ1) is 15.9. The lowest BCUT2D eigenvalue weighted by atomic mass is 10.2. The van der Waals surface area contributed by atoms with Crippen molar-refractivity contribution in [3.8, 4) is 11.5 Å². The molecule has 0 atom stereocenters. The van der Waals surface area contributed by atoms with Crippen molar-refractivity contribution in [1.29, 1.82) is 0 Å².